The molecule has 1 aromatic carbocycles. The summed E-state index contributed by atoms with van der Waals surface area (Å²) in [4.78, 5) is 10.4. The van der Waals surface area contributed by atoms with Gasteiger partial charge in [0.1, 0.15) is 6.29 Å². The molecule has 19 heavy (non-hydrogen) atoms. The second-order valence-electron chi connectivity index (χ2n) is 4.68. The monoisotopic (exact) mass is 256 g/mol. The summed E-state index contributed by atoms with van der Waals surface area (Å²) in [6, 6.07) is 12.4. The zero-order valence-electron chi connectivity index (χ0n) is 11.4. The summed E-state index contributed by atoms with van der Waals surface area (Å²) in [6.07, 6.45) is 5.46. The van der Waals surface area contributed by atoms with Crippen LogP contribution < -0.4 is 0 Å². The van der Waals surface area contributed by atoms with Gasteiger partial charge in [0.2, 0.25) is 0 Å². The van der Waals surface area contributed by atoms with Gasteiger partial charge in [-0.2, -0.15) is 5.10 Å². The van der Waals surface area contributed by atoms with Gasteiger partial charge in [0.25, 0.3) is 0 Å². The number of carbonyl (C=O) groups excluding carboxylic acids is 1. The van der Waals surface area contributed by atoms with Crippen LogP contribution in [0.4, 0.5) is 0 Å². The first-order chi connectivity index (χ1) is 9.35. The number of benzene rings is 1. The number of para-hydroxylation sites is 1. The number of unbranched alkanes of at least 4 members (excludes halogenated alkanes) is 1. The number of aryl methyl sites for hydroxylation is 2. The van der Waals surface area contributed by atoms with Gasteiger partial charge in [0.05, 0.1) is 11.4 Å². The molecule has 0 unspecified atom stereocenters. The highest BCUT2D eigenvalue weighted by molar-refractivity contribution is 5.49. The van der Waals surface area contributed by atoms with Crippen LogP contribution in [-0.2, 0) is 17.6 Å². The molecule has 0 saturated heterocycles. The third-order valence-corrected chi connectivity index (χ3v) is 3.10. The maximum Gasteiger partial charge on any atom is 0.120 e. The van der Waals surface area contributed by atoms with Crippen LogP contribution in [0.1, 0.15) is 37.6 Å². The normalized spacial score (nSPS) is 10.6. The lowest BCUT2D eigenvalue weighted by molar-refractivity contribution is -0.107. The Morgan fingerprint density at radius 1 is 1.21 bits per heavy atom. The summed E-state index contributed by atoms with van der Waals surface area (Å²) >= 11 is 0. The van der Waals surface area contributed by atoms with Gasteiger partial charge in [-0.05, 0) is 37.5 Å². The van der Waals surface area contributed by atoms with Gasteiger partial charge in [-0.1, -0.05) is 31.5 Å². The van der Waals surface area contributed by atoms with Gasteiger partial charge >= 0.3 is 0 Å². The maximum atomic E-state index is 10.4. The number of nitrogens with zero attached hydrogens (tertiary/aromatic N) is 2. The van der Waals surface area contributed by atoms with Crippen molar-refractivity contribution < 1.29 is 4.79 Å². The topological polar surface area (TPSA) is 34.9 Å². The number of aromatic nitrogens is 2. The molecule has 0 amide bonds. The molecule has 1 heterocycles. The molecule has 0 N–H and O–H groups in total. The van der Waals surface area contributed by atoms with Crippen LogP contribution in [0.25, 0.3) is 5.69 Å². The SMILES string of the molecule is CCCc1cc(CCCC=O)nn1-c1ccccc1. The molecule has 0 bridgehead atoms. The molecule has 0 atom stereocenters. The number of aldehydes is 1. The molecule has 3 nitrogen and oxygen atoms in total. The van der Waals surface area contributed by atoms with Crippen molar-refractivity contribution in [3.05, 3.63) is 47.8 Å². The number of hydrogen-bond acceptors (Lipinski definition) is 2. The molecule has 3 heteroatoms. The Morgan fingerprint density at radius 3 is 2.68 bits per heavy atom. The number of carbonyl (C=O) groups is 1. The summed E-state index contributed by atoms with van der Waals surface area (Å²) < 4.78 is 2.03. The molecule has 2 rings (SSSR count). The zero-order chi connectivity index (χ0) is 13.5. The van der Waals surface area contributed by atoms with Crippen molar-refractivity contribution in [1.29, 1.82) is 0 Å². The number of hydrogen-bond donors (Lipinski definition) is 0. The summed E-state index contributed by atoms with van der Waals surface area (Å²) in [6.45, 7) is 2.17. The average Bonchev–Trinajstić information content (AvgIpc) is 2.84. The van der Waals surface area contributed by atoms with E-state index in [1.807, 2.05) is 22.9 Å². The standard InChI is InChI=1S/C16H20N2O/c1-2-8-16-13-14(9-6-7-12-19)17-18(16)15-10-4-3-5-11-15/h3-5,10-13H,2,6-9H2,1H3. The van der Waals surface area contributed by atoms with Crippen LogP contribution in [0.3, 0.4) is 0 Å². The predicted octanol–water partition coefficient (Wildman–Crippen LogP) is 3.35. The molecule has 2 aromatic rings. The Bertz CT molecular complexity index is 517. The van der Waals surface area contributed by atoms with E-state index in [0.717, 1.165) is 43.4 Å². The predicted molar refractivity (Wildman–Crippen MR) is 76.6 cm³/mol. The quantitative estimate of drug-likeness (QED) is 0.562. The van der Waals surface area contributed by atoms with Gasteiger partial charge in [-0.25, -0.2) is 4.68 Å². The average molecular weight is 256 g/mol. The van der Waals surface area contributed by atoms with E-state index in [-0.39, 0.29) is 0 Å². The third-order valence-electron chi connectivity index (χ3n) is 3.10. The minimum Gasteiger partial charge on any atom is -0.303 e. The van der Waals surface area contributed by atoms with E-state index < -0.39 is 0 Å². The van der Waals surface area contributed by atoms with E-state index in [0.29, 0.717) is 6.42 Å². The molecule has 0 aliphatic heterocycles. The first kappa shape index (κ1) is 13.5. The van der Waals surface area contributed by atoms with Crippen LogP contribution >= 0.6 is 0 Å². The Morgan fingerprint density at radius 2 is 2.00 bits per heavy atom. The first-order valence-corrected chi connectivity index (χ1v) is 6.92. The minimum absolute atomic E-state index is 0.612. The molecule has 100 valence electrons. The van der Waals surface area contributed by atoms with Gasteiger partial charge in [-0.15, -0.1) is 0 Å². The largest absolute Gasteiger partial charge is 0.303 e. The van der Waals surface area contributed by atoms with Crippen molar-refractivity contribution >= 4 is 6.29 Å². The second kappa shape index (κ2) is 6.88. The van der Waals surface area contributed by atoms with Crippen LogP contribution in [0.15, 0.2) is 36.4 Å². The fourth-order valence-corrected chi connectivity index (χ4v) is 2.19. The Labute approximate surface area is 114 Å². The third kappa shape index (κ3) is 3.53. The summed E-state index contributed by atoms with van der Waals surface area (Å²) in [7, 11) is 0. The summed E-state index contributed by atoms with van der Waals surface area (Å²) in [5, 5.41) is 4.67. The van der Waals surface area contributed by atoms with Crippen LogP contribution in [0.2, 0.25) is 0 Å². The van der Waals surface area contributed by atoms with Crippen LogP contribution in [0.5, 0.6) is 0 Å². The first-order valence-electron chi connectivity index (χ1n) is 6.92. The van der Waals surface area contributed by atoms with Crippen molar-refractivity contribution in [1.82, 2.24) is 9.78 Å². The molecule has 0 aliphatic carbocycles. The van der Waals surface area contributed by atoms with Gasteiger partial charge < -0.3 is 4.79 Å². The smallest absolute Gasteiger partial charge is 0.120 e. The second-order valence-corrected chi connectivity index (χ2v) is 4.68. The summed E-state index contributed by atoms with van der Waals surface area (Å²) in [5.41, 5.74) is 3.43. The minimum atomic E-state index is 0.612. The lowest BCUT2D eigenvalue weighted by Crippen LogP contribution is -2.02. The molecule has 0 spiro atoms. The van der Waals surface area contributed by atoms with E-state index in [1.165, 1.54) is 5.69 Å². The van der Waals surface area contributed by atoms with E-state index in [2.05, 4.69) is 30.2 Å². The highest BCUT2D eigenvalue weighted by atomic mass is 16.1. The summed E-state index contributed by atoms with van der Waals surface area (Å²) in [5.74, 6) is 0. The van der Waals surface area contributed by atoms with E-state index in [4.69, 9.17) is 0 Å². The van der Waals surface area contributed by atoms with Gasteiger partial charge in [0.15, 0.2) is 0 Å². The Hall–Kier alpha value is -1.90. The van der Waals surface area contributed by atoms with Gasteiger partial charge in [-0.3, -0.25) is 0 Å². The van der Waals surface area contributed by atoms with Crippen LogP contribution in [0, 0.1) is 0 Å². The van der Waals surface area contributed by atoms with Crippen molar-refractivity contribution in [2.75, 3.05) is 0 Å². The Kier molecular flexibility index (Phi) is 4.90. The fraction of sp³-hybridized carbons (Fsp3) is 0.375. The van der Waals surface area contributed by atoms with Gasteiger partial charge in [0, 0.05) is 12.1 Å². The molecular weight excluding hydrogens is 236 g/mol. The molecule has 0 aliphatic rings. The fourth-order valence-electron chi connectivity index (χ4n) is 2.19. The molecule has 1 aromatic heterocycles. The van der Waals surface area contributed by atoms with E-state index in [1.54, 1.807) is 0 Å². The van der Waals surface area contributed by atoms with Crippen molar-refractivity contribution in [2.24, 2.45) is 0 Å². The molecule has 0 saturated carbocycles. The highest BCUT2D eigenvalue weighted by Gasteiger charge is 2.08. The lowest BCUT2D eigenvalue weighted by Gasteiger charge is -2.05. The lowest BCUT2D eigenvalue weighted by atomic mass is 10.1. The molecule has 0 radical (unpaired) electrons. The molecular formula is C16H20N2O. The molecule has 0 fully saturated rings. The van der Waals surface area contributed by atoms with Crippen molar-refractivity contribution in [3.63, 3.8) is 0 Å². The van der Waals surface area contributed by atoms with Crippen molar-refractivity contribution in [3.8, 4) is 5.69 Å². The zero-order valence-corrected chi connectivity index (χ0v) is 11.4. The van der Waals surface area contributed by atoms with Crippen LogP contribution in [-0.4, -0.2) is 16.1 Å². The van der Waals surface area contributed by atoms with E-state index >= 15 is 0 Å². The maximum absolute atomic E-state index is 10.4. The van der Waals surface area contributed by atoms with Crippen molar-refractivity contribution in [2.45, 2.75) is 39.0 Å². The Balaban J connectivity index is 2.23. The highest BCUT2D eigenvalue weighted by Crippen LogP contribution is 2.15. The van der Waals surface area contributed by atoms with E-state index in [9.17, 15) is 4.79 Å². The number of rotatable bonds is 7.